The van der Waals surface area contributed by atoms with Crippen LogP contribution in [0, 0.1) is 3.57 Å². The molecule has 0 radical (unpaired) electrons. The van der Waals surface area contributed by atoms with E-state index in [1.54, 1.807) is 30.3 Å². The summed E-state index contributed by atoms with van der Waals surface area (Å²) in [7, 11) is 0. The average molecular weight is 532 g/mol. The summed E-state index contributed by atoms with van der Waals surface area (Å²) in [5, 5.41) is 5.13. The van der Waals surface area contributed by atoms with Crippen LogP contribution in [0.15, 0.2) is 81.4 Å². The molecule has 0 saturated heterocycles. The summed E-state index contributed by atoms with van der Waals surface area (Å²) >= 11 is 8.32. The Hall–Kier alpha value is -2.91. The van der Waals surface area contributed by atoms with Crippen LogP contribution >= 0.6 is 34.2 Å². The zero-order chi connectivity index (χ0) is 21.1. The van der Waals surface area contributed by atoms with E-state index in [-0.39, 0.29) is 0 Å². The third-order valence-corrected chi connectivity index (χ3v) is 5.61. The topological polar surface area (TPSA) is 76.5 Å². The SMILES string of the molecule is O=c1[nH]c2ccccc2c(=O)n1N=Cc1ccc(OCc2ccccc2Cl)c(I)c1. The number of para-hydroxylation sites is 1. The standard InChI is InChI=1S/C22H15ClIN3O3/c23-17-7-3-1-5-15(17)13-30-20-10-9-14(11-18(20)24)12-25-27-21(28)16-6-2-4-8-19(16)26-22(27)29/h1-12H,13H2,(H,26,29). The summed E-state index contributed by atoms with van der Waals surface area (Å²) in [5.74, 6) is 0.702. The predicted molar refractivity (Wildman–Crippen MR) is 127 cm³/mol. The van der Waals surface area contributed by atoms with Gasteiger partial charge in [0.15, 0.2) is 0 Å². The van der Waals surface area contributed by atoms with E-state index in [4.69, 9.17) is 16.3 Å². The second kappa shape index (κ2) is 8.85. The number of aromatic nitrogens is 2. The first-order chi connectivity index (χ1) is 14.5. The van der Waals surface area contributed by atoms with Gasteiger partial charge >= 0.3 is 5.69 Å². The molecular weight excluding hydrogens is 517 g/mol. The zero-order valence-corrected chi connectivity index (χ0v) is 18.4. The number of ether oxygens (including phenoxy) is 1. The second-order valence-electron chi connectivity index (χ2n) is 6.41. The van der Waals surface area contributed by atoms with Crippen LogP contribution in [0.25, 0.3) is 10.9 Å². The Morgan fingerprint density at radius 1 is 1.07 bits per heavy atom. The number of nitrogens with zero attached hydrogens (tertiary/aromatic N) is 2. The Kier molecular flexibility index (Phi) is 6.01. The highest BCUT2D eigenvalue weighted by molar-refractivity contribution is 14.1. The van der Waals surface area contributed by atoms with Crippen LogP contribution in [0.1, 0.15) is 11.1 Å². The van der Waals surface area contributed by atoms with Crippen LogP contribution in [0.5, 0.6) is 5.75 Å². The van der Waals surface area contributed by atoms with Gasteiger partial charge in [0.05, 0.1) is 20.7 Å². The van der Waals surface area contributed by atoms with Gasteiger partial charge in [-0.2, -0.15) is 5.10 Å². The molecule has 0 bridgehead atoms. The minimum atomic E-state index is -0.593. The maximum Gasteiger partial charge on any atom is 0.349 e. The van der Waals surface area contributed by atoms with Crippen molar-refractivity contribution in [3.05, 3.63) is 107 Å². The fraction of sp³-hybridized carbons (Fsp3) is 0.0455. The van der Waals surface area contributed by atoms with Gasteiger partial charge in [0.25, 0.3) is 5.56 Å². The van der Waals surface area contributed by atoms with Gasteiger partial charge in [0.1, 0.15) is 12.4 Å². The lowest BCUT2D eigenvalue weighted by atomic mass is 10.2. The maximum absolute atomic E-state index is 12.5. The molecule has 0 saturated carbocycles. The molecule has 1 heterocycles. The van der Waals surface area contributed by atoms with Crippen molar-refractivity contribution in [1.29, 1.82) is 0 Å². The molecule has 0 amide bonds. The summed E-state index contributed by atoms with van der Waals surface area (Å²) in [6.45, 7) is 0.352. The molecule has 150 valence electrons. The van der Waals surface area contributed by atoms with Gasteiger partial charge in [0.2, 0.25) is 0 Å². The van der Waals surface area contributed by atoms with Crippen molar-refractivity contribution in [3.8, 4) is 5.75 Å². The number of fused-ring (bicyclic) bond motifs is 1. The summed E-state index contributed by atoms with van der Waals surface area (Å²) in [6, 6.07) is 19.8. The van der Waals surface area contributed by atoms with Crippen molar-refractivity contribution < 1.29 is 4.74 Å². The molecule has 3 aromatic carbocycles. The van der Waals surface area contributed by atoms with E-state index in [9.17, 15) is 9.59 Å². The van der Waals surface area contributed by atoms with Crippen molar-refractivity contribution in [2.24, 2.45) is 5.10 Å². The molecule has 6 nitrogen and oxygen atoms in total. The first-order valence-corrected chi connectivity index (χ1v) is 10.4. The van der Waals surface area contributed by atoms with Crippen molar-refractivity contribution >= 4 is 51.3 Å². The number of benzene rings is 3. The Balaban J connectivity index is 1.56. The van der Waals surface area contributed by atoms with E-state index in [1.165, 1.54) is 6.21 Å². The molecule has 0 spiro atoms. The Bertz CT molecular complexity index is 1380. The van der Waals surface area contributed by atoms with Gasteiger partial charge in [0, 0.05) is 10.6 Å². The second-order valence-corrected chi connectivity index (χ2v) is 7.98. The number of hydrogen-bond donors (Lipinski definition) is 1. The Morgan fingerprint density at radius 3 is 2.63 bits per heavy atom. The quantitative estimate of drug-likeness (QED) is 0.306. The number of H-pyrrole nitrogens is 1. The van der Waals surface area contributed by atoms with Crippen LogP contribution in [0.4, 0.5) is 0 Å². The number of aromatic amines is 1. The number of rotatable bonds is 5. The van der Waals surface area contributed by atoms with E-state index in [0.29, 0.717) is 28.3 Å². The highest BCUT2D eigenvalue weighted by Gasteiger charge is 2.07. The summed E-state index contributed by atoms with van der Waals surface area (Å²) in [4.78, 5) is 27.4. The smallest absolute Gasteiger partial charge is 0.349 e. The van der Waals surface area contributed by atoms with E-state index in [2.05, 4.69) is 32.7 Å². The Labute approximate surface area is 189 Å². The third kappa shape index (κ3) is 4.31. The molecule has 0 fully saturated rings. The van der Waals surface area contributed by atoms with Crippen LogP contribution in [0.2, 0.25) is 5.02 Å². The van der Waals surface area contributed by atoms with Crippen LogP contribution in [0.3, 0.4) is 0 Å². The molecule has 0 atom stereocenters. The van der Waals surface area contributed by atoms with E-state index < -0.39 is 11.2 Å². The van der Waals surface area contributed by atoms with Gasteiger partial charge < -0.3 is 9.72 Å². The monoisotopic (exact) mass is 531 g/mol. The molecule has 1 N–H and O–H groups in total. The van der Waals surface area contributed by atoms with Gasteiger partial charge in [-0.1, -0.05) is 41.9 Å². The van der Waals surface area contributed by atoms with Crippen molar-refractivity contribution in [2.75, 3.05) is 0 Å². The average Bonchev–Trinajstić information content (AvgIpc) is 2.74. The zero-order valence-electron chi connectivity index (χ0n) is 15.5. The van der Waals surface area contributed by atoms with Crippen molar-refractivity contribution in [3.63, 3.8) is 0 Å². The molecule has 4 aromatic rings. The van der Waals surface area contributed by atoms with E-state index >= 15 is 0 Å². The minimum Gasteiger partial charge on any atom is -0.488 e. The van der Waals surface area contributed by atoms with Gasteiger partial charge in [-0.25, -0.2) is 4.79 Å². The Morgan fingerprint density at radius 2 is 1.83 bits per heavy atom. The molecule has 0 aliphatic carbocycles. The number of nitrogens with one attached hydrogen (secondary N) is 1. The molecular formula is C22H15ClIN3O3. The molecule has 0 aliphatic rings. The van der Waals surface area contributed by atoms with Gasteiger partial charge in [-0.05, 0) is 64.6 Å². The van der Waals surface area contributed by atoms with E-state index in [0.717, 1.165) is 19.4 Å². The first kappa shape index (κ1) is 20.4. The van der Waals surface area contributed by atoms with Gasteiger partial charge in [-0.3, -0.25) is 4.79 Å². The first-order valence-electron chi connectivity index (χ1n) is 8.97. The van der Waals surface area contributed by atoms with Gasteiger partial charge in [-0.15, -0.1) is 4.68 Å². The lowest BCUT2D eigenvalue weighted by molar-refractivity contribution is 0.304. The molecule has 1 aromatic heterocycles. The molecule has 0 aliphatic heterocycles. The van der Waals surface area contributed by atoms with Crippen molar-refractivity contribution in [2.45, 2.75) is 6.61 Å². The molecule has 30 heavy (non-hydrogen) atoms. The highest BCUT2D eigenvalue weighted by atomic mass is 127. The lowest BCUT2D eigenvalue weighted by Gasteiger charge is -2.10. The van der Waals surface area contributed by atoms with Crippen LogP contribution in [-0.2, 0) is 6.61 Å². The number of halogens is 2. The third-order valence-electron chi connectivity index (χ3n) is 4.40. The van der Waals surface area contributed by atoms with Crippen LogP contribution in [-0.4, -0.2) is 15.9 Å². The fourth-order valence-electron chi connectivity index (χ4n) is 2.87. The summed E-state index contributed by atoms with van der Waals surface area (Å²) in [5.41, 5.74) is 1.04. The molecule has 8 heteroatoms. The number of hydrogen-bond acceptors (Lipinski definition) is 4. The normalized spacial score (nSPS) is 11.3. The van der Waals surface area contributed by atoms with E-state index in [1.807, 2.05) is 36.4 Å². The summed E-state index contributed by atoms with van der Waals surface area (Å²) < 4.78 is 7.54. The fourth-order valence-corrected chi connectivity index (χ4v) is 3.75. The van der Waals surface area contributed by atoms with Crippen molar-refractivity contribution in [1.82, 2.24) is 9.66 Å². The van der Waals surface area contributed by atoms with Crippen LogP contribution < -0.4 is 16.0 Å². The molecule has 0 unspecified atom stereocenters. The predicted octanol–water partition coefficient (Wildman–Crippen LogP) is 4.41. The highest BCUT2D eigenvalue weighted by Crippen LogP contribution is 2.24. The minimum absolute atomic E-state index is 0.352. The maximum atomic E-state index is 12.5. The lowest BCUT2D eigenvalue weighted by Crippen LogP contribution is -2.32. The molecule has 4 rings (SSSR count). The summed E-state index contributed by atoms with van der Waals surface area (Å²) in [6.07, 6.45) is 1.46. The largest absolute Gasteiger partial charge is 0.488 e.